The normalized spacial score (nSPS) is 14.9. The number of amides is 2. The third-order valence-corrected chi connectivity index (χ3v) is 3.56. The van der Waals surface area contributed by atoms with Crippen molar-refractivity contribution < 1.29 is 14.7 Å². The number of carbonyl (C=O) groups excluding carboxylic acids is 1. The summed E-state index contributed by atoms with van der Waals surface area (Å²) in [7, 11) is 1.59. The lowest BCUT2D eigenvalue weighted by molar-refractivity contribution is -0.137. The molecule has 0 spiro atoms. The molecule has 21 heavy (non-hydrogen) atoms. The molecule has 2 amide bonds. The minimum absolute atomic E-state index is 0.0670. The molecule has 0 radical (unpaired) electrons. The quantitative estimate of drug-likeness (QED) is 0.865. The number of carboxylic acid groups (broad SMARTS) is 1. The molecule has 1 fully saturated rings. The zero-order valence-electron chi connectivity index (χ0n) is 11.7. The average molecular weight is 287 g/mol. The van der Waals surface area contributed by atoms with Crippen molar-refractivity contribution in [1.29, 1.82) is 5.26 Å². The van der Waals surface area contributed by atoms with Crippen LogP contribution in [0.25, 0.3) is 0 Å². The van der Waals surface area contributed by atoms with Crippen molar-refractivity contribution in [2.75, 3.05) is 11.9 Å². The van der Waals surface area contributed by atoms with E-state index < -0.39 is 5.97 Å². The molecule has 1 aromatic carbocycles. The van der Waals surface area contributed by atoms with Gasteiger partial charge in [0.15, 0.2) is 0 Å². The third kappa shape index (κ3) is 3.96. The number of carbonyl (C=O) groups is 2. The second kappa shape index (κ2) is 6.27. The van der Waals surface area contributed by atoms with E-state index in [2.05, 4.69) is 5.32 Å². The molecule has 1 aliphatic carbocycles. The number of urea groups is 1. The number of rotatable bonds is 5. The highest BCUT2D eigenvalue weighted by Gasteiger charge is 2.34. The summed E-state index contributed by atoms with van der Waals surface area (Å²) >= 11 is 0. The van der Waals surface area contributed by atoms with Gasteiger partial charge in [0.05, 0.1) is 18.1 Å². The number of nitrogens with one attached hydrogen (secondary N) is 1. The summed E-state index contributed by atoms with van der Waals surface area (Å²) in [4.78, 5) is 24.4. The minimum Gasteiger partial charge on any atom is -0.481 e. The van der Waals surface area contributed by atoms with Gasteiger partial charge in [-0.2, -0.15) is 5.26 Å². The number of nitrogens with zero attached hydrogens (tertiary/aromatic N) is 2. The molecule has 0 bridgehead atoms. The Morgan fingerprint density at radius 2 is 2.24 bits per heavy atom. The third-order valence-electron chi connectivity index (χ3n) is 3.56. The first kappa shape index (κ1) is 14.9. The second-order valence-electron chi connectivity index (χ2n) is 5.21. The molecule has 6 nitrogen and oxygen atoms in total. The van der Waals surface area contributed by atoms with Crippen LogP contribution >= 0.6 is 0 Å². The van der Waals surface area contributed by atoms with Crippen LogP contribution in [0.4, 0.5) is 10.5 Å². The number of aliphatic carboxylic acids is 1. The molecule has 2 N–H and O–H groups in total. The highest BCUT2D eigenvalue weighted by atomic mass is 16.4. The first-order chi connectivity index (χ1) is 10.0. The number of hydrogen-bond donors (Lipinski definition) is 2. The Kier molecular flexibility index (Phi) is 4.43. The lowest BCUT2D eigenvalue weighted by Crippen LogP contribution is -2.45. The molecule has 0 saturated heterocycles. The van der Waals surface area contributed by atoms with E-state index in [0.29, 0.717) is 11.3 Å². The smallest absolute Gasteiger partial charge is 0.321 e. The van der Waals surface area contributed by atoms with E-state index >= 15 is 0 Å². The molecule has 1 aromatic rings. The maximum absolute atomic E-state index is 12.2. The monoisotopic (exact) mass is 287 g/mol. The second-order valence-corrected chi connectivity index (χ2v) is 5.21. The van der Waals surface area contributed by atoms with Gasteiger partial charge in [0, 0.05) is 18.8 Å². The van der Waals surface area contributed by atoms with Crippen molar-refractivity contribution in [3.63, 3.8) is 0 Å². The molecule has 1 atom stereocenters. The molecule has 0 aromatic heterocycles. The SMILES string of the molecule is CN(C(=O)NC(CC(=O)O)C1CC1)c1cccc(C#N)c1. The summed E-state index contributed by atoms with van der Waals surface area (Å²) < 4.78 is 0. The van der Waals surface area contributed by atoms with E-state index in [1.54, 1.807) is 31.3 Å². The molecule has 0 heterocycles. The van der Waals surface area contributed by atoms with E-state index in [-0.39, 0.29) is 24.4 Å². The molecule has 6 heteroatoms. The Hall–Kier alpha value is -2.55. The Balaban J connectivity index is 2.04. The molecule has 1 unspecified atom stereocenters. The molecule has 1 saturated carbocycles. The summed E-state index contributed by atoms with van der Waals surface area (Å²) in [6.07, 6.45) is 1.83. The molecule has 110 valence electrons. The number of carboxylic acids is 1. The maximum atomic E-state index is 12.2. The van der Waals surface area contributed by atoms with Crippen LogP contribution in [0, 0.1) is 17.2 Å². The Morgan fingerprint density at radius 1 is 1.52 bits per heavy atom. The van der Waals surface area contributed by atoms with Crippen molar-refractivity contribution in [3.8, 4) is 6.07 Å². The molecule has 1 aliphatic rings. The van der Waals surface area contributed by atoms with Crippen molar-refractivity contribution in [2.45, 2.75) is 25.3 Å². The van der Waals surface area contributed by atoms with Crippen molar-refractivity contribution in [1.82, 2.24) is 5.32 Å². The van der Waals surface area contributed by atoms with Gasteiger partial charge in [-0.25, -0.2) is 4.79 Å². The summed E-state index contributed by atoms with van der Waals surface area (Å²) in [5, 5.41) is 20.5. The summed E-state index contributed by atoms with van der Waals surface area (Å²) in [6.45, 7) is 0. The average Bonchev–Trinajstić information content (AvgIpc) is 3.30. The van der Waals surface area contributed by atoms with Crippen molar-refractivity contribution >= 4 is 17.7 Å². The van der Waals surface area contributed by atoms with Crippen molar-refractivity contribution in [2.24, 2.45) is 5.92 Å². The Labute approximate surface area is 123 Å². The summed E-state index contributed by atoms with van der Waals surface area (Å²) in [5.41, 5.74) is 1.06. The fraction of sp³-hybridized carbons (Fsp3) is 0.400. The van der Waals surface area contributed by atoms with Crippen LogP contribution in [0.2, 0.25) is 0 Å². The number of nitriles is 1. The van der Waals surface area contributed by atoms with Gasteiger partial charge in [-0.15, -0.1) is 0 Å². The summed E-state index contributed by atoms with van der Waals surface area (Å²) in [5.74, 6) is -0.662. The predicted molar refractivity (Wildman–Crippen MR) is 76.9 cm³/mol. The van der Waals surface area contributed by atoms with Gasteiger partial charge in [-0.1, -0.05) is 6.07 Å². The zero-order valence-corrected chi connectivity index (χ0v) is 11.7. The van der Waals surface area contributed by atoms with Crippen LogP contribution in [-0.2, 0) is 4.79 Å². The fourth-order valence-electron chi connectivity index (χ4n) is 2.18. The van der Waals surface area contributed by atoms with Crippen LogP contribution in [0.15, 0.2) is 24.3 Å². The zero-order chi connectivity index (χ0) is 15.4. The van der Waals surface area contributed by atoms with Gasteiger partial charge in [0.25, 0.3) is 0 Å². The number of anilines is 1. The van der Waals surface area contributed by atoms with Gasteiger partial charge in [-0.3, -0.25) is 9.69 Å². The van der Waals surface area contributed by atoms with Gasteiger partial charge in [-0.05, 0) is 37.0 Å². The highest BCUT2D eigenvalue weighted by Crippen LogP contribution is 2.34. The topological polar surface area (TPSA) is 93.4 Å². The predicted octanol–water partition coefficient (Wildman–Crippen LogP) is 1.96. The van der Waals surface area contributed by atoms with E-state index in [1.165, 1.54) is 4.90 Å². The largest absolute Gasteiger partial charge is 0.481 e. The van der Waals surface area contributed by atoms with Crippen LogP contribution < -0.4 is 10.2 Å². The van der Waals surface area contributed by atoms with Crippen LogP contribution in [0.3, 0.4) is 0 Å². The number of benzene rings is 1. The minimum atomic E-state index is -0.915. The van der Waals surface area contributed by atoms with Crippen molar-refractivity contribution in [3.05, 3.63) is 29.8 Å². The van der Waals surface area contributed by atoms with Gasteiger partial charge in [0.2, 0.25) is 0 Å². The lowest BCUT2D eigenvalue weighted by atomic mass is 10.1. The van der Waals surface area contributed by atoms with Crippen LogP contribution in [0.1, 0.15) is 24.8 Å². The Morgan fingerprint density at radius 3 is 2.81 bits per heavy atom. The molecular weight excluding hydrogens is 270 g/mol. The van der Waals surface area contributed by atoms with E-state index in [0.717, 1.165) is 12.8 Å². The van der Waals surface area contributed by atoms with E-state index in [1.807, 2.05) is 6.07 Å². The van der Waals surface area contributed by atoms with Gasteiger partial charge >= 0.3 is 12.0 Å². The Bertz CT molecular complexity index is 590. The van der Waals surface area contributed by atoms with E-state index in [4.69, 9.17) is 10.4 Å². The fourth-order valence-corrected chi connectivity index (χ4v) is 2.18. The molecule has 0 aliphatic heterocycles. The molecule has 2 rings (SSSR count). The highest BCUT2D eigenvalue weighted by molar-refractivity contribution is 5.92. The van der Waals surface area contributed by atoms with Gasteiger partial charge < -0.3 is 10.4 Å². The number of hydrogen-bond acceptors (Lipinski definition) is 3. The van der Waals surface area contributed by atoms with Crippen LogP contribution in [0.5, 0.6) is 0 Å². The standard InChI is InChI=1S/C15H17N3O3/c1-18(12-4-2-3-10(7-12)9-16)15(21)17-13(8-14(19)20)11-5-6-11/h2-4,7,11,13H,5-6,8H2,1H3,(H,17,21)(H,19,20). The van der Waals surface area contributed by atoms with Gasteiger partial charge in [0.1, 0.15) is 0 Å². The maximum Gasteiger partial charge on any atom is 0.321 e. The first-order valence-corrected chi connectivity index (χ1v) is 6.77. The van der Waals surface area contributed by atoms with Crippen LogP contribution in [-0.4, -0.2) is 30.2 Å². The van der Waals surface area contributed by atoms with E-state index in [9.17, 15) is 9.59 Å². The first-order valence-electron chi connectivity index (χ1n) is 6.77. The summed E-state index contributed by atoms with van der Waals surface area (Å²) in [6, 6.07) is 8.03. The lowest BCUT2D eigenvalue weighted by Gasteiger charge is -2.22. The molecular formula is C15H17N3O3.